The Bertz CT molecular complexity index is 865. The van der Waals surface area contributed by atoms with Crippen LogP contribution in [0.4, 0.5) is 4.79 Å². The van der Waals surface area contributed by atoms with Gasteiger partial charge in [-0.2, -0.15) is 0 Å². The van der Waals surface area contributed by atoms with Gasteiger partial charge in [0.15, 0.2) is 6.61 Å². The van der Waals surface area contributed by atoms with E-state index in [4.69, 9.17) is 9.15 Å². The molecule has 3 amide bonds. The first-order valence-corrected chi connectivity index (χ1v) is 7.47. The lowest BCUT2D eigenvalue weighted by molar-refractivity contribution is -0.123. The van der Waals surface area contributed by atoms with E-state index in [0.717, 1.165) is 10.9 Å². The van der Waals surface area contributed by atoms with Crippen molar-refractivity contribution in [2.75, 3.05) is 6.61 Å². The summed E-state index contributed by atoms with van der Waals surface area (Å²) >= 11 is 0. The Labute approximate surface area is 142 Å². The zero-order valence-corrected chi connectivity index (χ0v) is 13.1. The lowest BCUT2D eigenvalue weighted by Crippen LogP contribution is -2.41. The number of benzene rings is 1. The van der Waals surface area contributed by atoms with E-state index in [9.17, 15) is 14.4 Å². The predicted octanol–water partition coefficient (Wildman–Crippen LogP) is 1.94. The number of rotatable bonds is 5. The molecule has 3 N–H and O–H groups in total. The van der Waals surface area contributed by atoms with Gasteiger partial charge in [-0.25, -0.2) is 9.59 Å². The minimum absolute atomic E-state index is 0.140. The number of nitrogens with one attached hydrogen (secondary N) is 3. The molecule has 0 saturated carbocycles. The van der Waals surface area contributed by atoms with Crippen LogP contribution < -0.4 is 10.6 Å². The second-order valence-electron chi connectivity index (χ2n) is 5.16. The number of urea groups is 1. The third-order valence-electron chi connectivity index (χ3n) is 3.34. The molecule has 2 aromatic heterocycles. The Balaban J connectivity index is 1.44. The summed E-state index contributed by atoms with van der Waals surface area (Å²) in [5, 5.41) is 5.36. The number of carbonyl (C=O) groups is 3. The van der Waals surface area contributed by atoms with E-state index >= 15 is 0 Å². The van der Waals surface area contributed by atoms with Crippen LogP contribution in [0.2, 0.25) is 0 Å². The molecular weight excluding hydrogens is 326 g/mol. The largest absolute Gasteiger partial charge is 0.467 e. The molecule has 8 nitrogen and oxygen atoms in total. The summed E-state index contributed by atoms with van der Waals surface area (Å²) in [6.45, 7) is -0.427. The monoisotopic (exact) mass is 341 g/mol. The van der Waals surface area contributed by atoms with Crippen molar-refractivity contribution in [1.29, 1.82) is 0 Å². The molecule has 1 aromatic carbocycles. The standard InChI is InChI=1S/C17H15N3O5/c21-15(20-17(23)18-9-12-5-3-7-24-12)10-25-16(22)14-8-11-4-1-2-6-13(11)19-14/h1-8,19H,9-10H2,(H2,18,20,21,23). The number of furan rings is 1. The van der Waals surface area contributed by atoms with Crippen LogP contribution in [-0.4, -0.2) is 29.5 Å². The first-order chi connectivity index (χ1) is 12.1. The van der Waals surface area contributed by atoms with Gasteiger partial charge in [0.05, 0.1) is 12.8 Å². The minimum atomic E-state index is -0.735. The molecule has 0 spiro atoms. The number of carbonyl (C=O) groups excluding carboxylic acids is 3. The van der Waals surface area contributed by atoms with E-state index in [1.54, 1.807) is 18.2 Å². The molecule has 0 saturated heterocycles. The second kappa shape index (κ2) is 7.35. The first-order valence-electron chi connectivity index (χ1n) is 7.47. The van der Waals surface area contributed by atoms with E-state index in [-0.39, 0.29) is 12.2 Å². The number of fused-ring (bicyclic) bond motifs is 1. The molecule has 2 heterocycles. The summed E-state index contributed by atoms with van der Waals surface area (Å²) in [4.78, 5) is 38.0. The van der Waals surface area contributed by atoms with Crippen LogP contribution in [-0.2, 0) is 16.1 Å². The zero-order chi connectivity index (χ0) is 17.6. The van der Waals surface area contributed by atoms with Crippen molar-refractivity contribution < 1.29 is 23.5 Å². The average molecular weight is 341 g/mol. The predicted molar refractivity (Wildman–Crippen MR) is 87.7 cm³/mol. The number of ether oxygens (including phenoxy) is 1. The van der Waals surface area contributed by atoms with E-state index in [0.29, 0.717) is 5.76 Å². The Morgan fingerprint density at radius 1 is 1.12 bits per heavy atom. The maximum atomic E-state index is 11.9. The molecule has 3 aromatic rings. The van der Waals surface area contributed by atoms with Gasteiger partial charge >= 0.3 is 12.0 Å². The number of hydrogen-bond acceptors (Lipinski definition) is 5. The fourth-order valence-electron chi connectivity index (χ4n) is 2.18. The number of H-pyrrole nitrogens is 1. The lowest BCUT2D eigenvalue weighted by Gasteiger charge is -2.06. The third-order valence-corrected chi connectivity index (χ3v) is 3.34. The number of aromatic amines is 1. The molecule has 3 rings (SSSR count). The van der Waals surface area contributed by atoms with Crippen LogP contribution >= 0.6 is 0 Å². The van der Waals surface area contributed by atoms with Crippen LogP contribution in [0, 0.1) is 0 Å². The van der Waals surface area contributed by atoms with Crippen molar-refractivity contribution in [3.63, 3.8) is 0 Å². The topological polar surface area (TPSA) is 113 Å². The normalized spacial score (nSPS) is 10.4. The molecule has 0 aliphatic carbocycles. The number of para-hydroxylation sites is 1. The molecule has 0 aliphatic rings. The Hall–Kier alpha value is -3.55. The highest BCUT2D eigenvalue weighted by molar-refractivity contribution is 5.98. The van der Waals surface area contributed by atoms with Crippen molar-refractivity contribution in [2.45, 2.75) is 6.54 Å². The van der Waals surface area contributed by atoms with Gasteiger partial charge in [-0.05, 0) is 24.3 Å². The minimum Gasteiger partial charge on any atom is -0.467 e. The van der Waals surface area contributed by atoms with Gasteiger partial charge in [-0.1, -0.05) is 18.2 Å². The Morgan fingerprint density at radius 2 is 1.96 bits per heavy atom. The van der Waals surface area contributed by atoms with Crippen molar-refractivity contribution in [2.24, 2.45) is 0 Å². The second-order valence-corrected chi connectivity index (χ2v) is 5.16. The zero-order valence-electron chi connectivity index (χ0n) is 13.1. The summed E-state index contributed by atoms with van der Waals surface area (Å²) in [5.74, 6) is -0.864. The highest BCUT2D eigenvalue weighted by Crippen LogP contribution is 2.15. The lowest BCUT2D eigenvalue weighted by atomic mass is 10.2. The van der Waals surface area contributed by atoms with Crippen molar-refractivity contribution in [3.05, 3.63) is 60.2 Å². The van der Waals surface area contributed by atoms with Crippen LogP contribution in [0.5, 0.6) is 0 Å². The highest BCUT2D eigenvalue weighted by Gasteiger charge is 2.14. The Morgan fingerprint density at radius 3 is 2.72 bits per heavy atom. The summed E-state index contributed by atoms with van der Waals surface area (Å²) in [6, 6.07) is 11.6. The van der Waals surface area contributed by atoms with Crippen LogP contribution in [0.3, 0.4) is 0 Å². The summed E-state index contributed by atoms with van der Waals surface area (Å²) < 4.78 is 9.93. The number of aromatic nitrogens is 1. The molecule has 0 fully saturated rings. The maximum Gasteiger partial charge on any atom is 0.355 e. The number of esters is 1. The molecule has 0 radical (unpaired) electrons. The van der Waals surface area contributed by atoms with Gasteiger partial charge in [0.25, 0.3) is 5.91 Å². The summed E-state index contributed by atoms with van der Waals surface area (Å²) in [6.07, 6.45) is 1.48. The van der Waals surface area contributed by atoms with Gasteiger partial charge < -0.3 is 19.5 Å². The van der Waals surface area contributed by atoms with E-state index in [1.165, 1.54) is 6.26 Å². The fourth-order valence-corrected chi connectivity index (χ4v) is 2.18. The fraction of sp³-hybridized carbons (Fsp3) is 0.118. The molecule has 25 heavy (non-hydrogen) atoms. The third kappa shape index (κ3) is 4.25. The molecular formula is C17H15N3O5. The molecule has 0 bridgehead atoms. The van der Waals surface area contributed by atoms with E-state index in [1.807, 2.05) is 24.3 Å². The quantitative estimate of drug-likeness (QED) is 0.614. The van der Waals surface area contributed by atoms with Gasteiger partial charge in [0.2, 0.25) is 0 Å². The number of imide groups is 1. The van der Waals surface area contributed by atoms with Crippen LogP contribution in [0.25, 0.3) is 10.9 Å². The van der Waals surface area contributed by atoms with Gasteiger partial charge in [-0.15, -0.1) is 0 Å². The summed E-state index contributed by atoms with van der Waals surface area (Å²) in [7, 11) is 0. The number of hydrogen-bond donors (Lipinski definition) is 3. The van der Waals surface area contributed by atoms with Crippen LogP contribution in [0.1, 0.15) is 16.2 Å². The SMILES string of the molecule is O=C(COC(=O)c1cc2ccccc2[nH]1)NC(=O)NCc1ccco1. The Kier molecular flexibility index (Phi) is 4.79. The van der Waals surface area contributed by atoms with Crippen molar-refractivity contribution in [3.8, 4) is 0 Å². The number of amides is 3. The van der Waals surface area contributed by atoms with Crippen LogP contribution in [0.15, 0.2) is 53.1 Å². The van der Waals surface area contributed by atoms with Gasteiger partial charge in [-0.3, -0.25) is 10.1 Å². The maximum absolute atomic E-state index is 11.9. The molecule has 0 atom stereocenters. The molecule has 8 heteroatoms. The average Bonchev–Trinajstić information content (AvgIpc) is 3.26. The molecule has 0 aliphatic heterocycles. The van der Waals surface area contributed by atoms with Gasteiger partial charge in [0, 0.05) is 10.9 Å². The van der Waals surface area contributed by atoms with E-state index < -0.39 is 24.5 Å². The van der Waals surface area contributed by atoms with E-state index in [2.05, 4.69) is 15.6 Å². The highest BCUT2D eigenvalue weighted by atomic mass is 16.5. The van der Waals surface area contributed by atoms with Crippen molar-refractivity contribution in [1.82, 2.24) is 15.6 Å². The van der Waals surface area contributed by atoms with Gasteiger partial charge in [0.1, 0.15) is 11.5 Å². The summed E-state index contributed by atoms with van der Waals surface area (Å²) in [5.41, 5.74) is 1.02. The molecule has 0 unspecified atom stereocenters. The smallest absolute Gasteiger partial charge is 0.355 e. The van der Waals surface area contributed by atoms with Crippen molar-refractivity contribution >= 4 is 28.8 Å². The first kappa shape index (κ1) is 16.3. The molecule has 128 valence electrons.